The molecule has 1 aromatic rings. The van der Waals surface area contributed by atoms with E-state index in [-0.39, 0.29) is 28.6 Å². The van der Waals surface area contributed by atoms with Gasteiger partial charge in [-0.05, 0) is 24.5 Å². The fraction of sp³-hybridized carbons (Fsp3) is 0.538. The van der Waals surface area contributed by atoms with Crippen LogP contribution >= 0.6 is 11.6 Å². The van der Waals surface area contributed by atoms with Gasteiger partial charge in [0.2, 0.25) is 10.0 Å². The van der Waals surface area contributed by atoms with E-state index in [0.717, 1.165) is 6.07 Å². The minimum absolute atomic E-state index is 0.0706. The summed E-state index contributed by atoms with van der Waals surface area (Å²) in [5.74, 6) is -0.856. The summed E-state index contributed by atoms with van der Waals surface area (Å²) in [6, 6.07) is 2.05. The molecule has 0 aliphatic heterocycles. The second-order valence-electron chi connectivity index (χ2n) is 5.79. The quantitative estimate of drug-likeness (QED) is 0.895. The van der Waals surface area contributed by atoms with Crippen molar-refractivity contribution in [3.8, 4) is 0 Å². The number of sulfonamides is 1. The van der Waals surface area contributed by atoms with E-state index < -0.39 is 20.7 Å². The number of nitrogens with two attached hydrogens (primary N) is 1. The van der Waals surface area contributed by atoms with Crippen LogP contribution in [0.2, 0.25) is 5.02 Å². The lowest BCUT2D eigenvalue weighted by atomic mass is 9.89. The Bertz CT molecular complexity index is 597. The number of halogens is 2. The first kappa shape index (κ1) is 17.4. The Labute approximate surface area is 124 Å². The topological polar surface area (TPSA) is 72.2 Å². The van der Waals surface area contributed by atoms with Gasteiger partial charge in [-0.25, -0.2) is 17.5 Å². The Morgan fingerprint density at radius 3 is 2.40 bits per heavy atom. The molecule has 0 aromatic heterocycles. The van der Waals surface area contributed by atoms with Gasteiger partial charge in [0.05, 0.1) is 0 Å². The standard InChI is InChI=1S/C13H20ClFN2O2S/c1-8(13(2,3)4)17-20(18,19)11-6-10(14)5-9(7-16)12(11)15/h5-6,8,17H,7,16H2,1-4H3. The zero-order chi connectivity index (χ0) is 15.7. The SMILES string of the molecule is CC(NS(=O)(=O)c1cc(Cl)cc(CN)c1F)C(C)(C)C. The summed E-state index contributed by atoms with van der Waals surface area (Å²) in [5.41, 5.74) is 5.17. The third-order valence-corrected chi connectivity index (χ3v) is 4.98. The molecule has 0 aliphatic carbocycles. The van der Waals surface area contributed by atoms with Crippen molar-refractivity contribution in [1.29, 1.82) is 0 Å². The predicted molar refractivity (Wildman–Crippen MR) is 78.5 cm³/mol. The molecule has 0 radical (unpaired) electrons. The highest BCUT2D eigenvalue weighted by molar-refractivity contribution is 7.89. The van der Waals surface area contributed by atoms with Gasteiger partial charge in [-0.2, -0.15) is 0 Å². The van der Waals surface area contributed by atoms with Gasteiger partial charge >= 0.3 is 0 Å². The Morgan fingerprint density at radius 2 is 1.95 bits per heavy atom. The predicted octanol–water partition coefficient (Wildman–Crippen LogP) is 2.65. The van der Waals surface area contributed by atoms with E-state index in [9.17, 15) is 12.8 Å². The maximum atomic E-state index is 14.1. The van der Waals surface area contributed by atoms with Crippen LogP contribution in [0.5, 0.6) is 0 Å². The van der Waals surface area contributed by atoms with Gasteiger partial charge in [-0.1, -0.05) is 32.4 Å². The summed E-state index contributed by atoms with van der Waals surface area (Å²) in [6.45, 7) is 7.27. The maximum absolute atomic E-state index is 14.1. The van der Waals surface area contributed by atoms with Gasteiger partial charge in [0.1, 0.15) is 10.7 Å². The molecule has 20 heavy (non-hydrogen) atoms. The lowest BCUT2D eigenvalue weighted by Gasteiger charge is -2.28. The molecule has 1 unspecified atom stereocenters. The minimum atomic E-state index is -3.99. The first-order valence-electron chi connectivity index (χ1n) is 6.19. The number of hydrogen-bond donors (Lipinski definition) is 2. The van der Waals surface area contributed by atoms with Crippen LogP contribution in [0.15, 0.2) is 17.0 Å². The van der Waals surface area contributed by atoms with Crippen molar-refractivity contribution in [2.75, 3.05) is 0 Å². The van der Waals surface area contributed by atoms with E-state index >= 15 is 0 Å². The first-order valence-corrected chi connectivity index (χ1v) is 8.05. The highest BCUT2D eigenvalue weighted by Crippen LogP contribution is 2.26. The second-order valence-corrected chi connectivity index (χ2v) is 7.91. The van der Waals surface area contributed by atoms with Crippen molar-refractivity contribution in [1.82, 2.24) is 4.72 Å². The van der Waals surface area contributed by atoms with Crippen LogP contribution in [0, 0.1) is 11.2 Å². The van der Waals surface area contributed by atoms with Gasteiger partial charge in [-0.15, -0.1) is 0 Å². The van der Waals surface area contributed by atoms with Crippen molar-refractivity contribution < 1.29 is 12.8 Å². The summed E-state index contributed by atoms with van der Waals surface area (Å²) in [6.07, 6.45) is 0. The van der Waals surface area contributed by atoms with Crippen molar-refractivity contribution in [2.45, 2.75) is 45.2 Å². The summed E-state index contributed by atoms with van der Waals surface area (Å²) >= 11 is 5.82. The van der Waals surface area contributed by atoms with Crippen molar-refractivity contribution in [3.05, 3.63) is 28.5 Å². The molecule has 1 rings (SSSR count). The highest BCUT2D eigenvalue weighted by Gasteiger charge is 2.28. The van der Waals surface area contributed by atoms with Crippen LogP contribution in [0.25, 0.3) is 0 Å². The smallest absolute Gasteiger partial charge is 0.243 e. The van der Waals surface area contributed by atoms with Crippen LogP contribution in [-0.2, 0) is 16.6 Å². The van der Waals surface area contributed by atoms with Crippen LogP contribution in [-0.4, -0.2) is 14.5 Å². The Balaban J connectivity index is 3.26. The molecule has 0 heterocycles. The Hall–Kier alpha value is -0.690. The molecule has 0 fully saturated rings. The molecule has 1 aromatic carbocycles. The van der Waals surface area contributed by atoms with E-state index in [4.69, 9.17) is 17.3 Å². The molecule has 3 N–H and O–H groups in total. The highest BCUT2D eigenvalue weighted by atomic mass is 35.5. The zero-order valence-corrected chi connectivity index (χ0v) is 13.6. The average Bonchev–Trinajstić information content (AvgIpc) is 2.29. The number of benzene rings is 1. The van der Waals surface area contributed by atoms with Gasteiger partial charge < -0.3 is 5.73 Å². The van der Waals surface area contributed by atoms with Crippen molar-refractivity contribution in [2.24, 2.45) is 11.1 Å². The number of nitrogens with one attached hydrogen (secondary N) is 1. The van der Waals surface area contributed by atoms with E-state index in [1.165, 1.54) is 6.07 Å². The molecule has 1 atom stereocenters. The van der Waals surface area contributed by atoms with Crippen molar-refractivity contribution >= 4 is 21.6 Å². The lowest BCUT2D eigenvalue weighted by molar-refractivity contribution is 0.317. The fourth-order valence-corrected chi connectivity index (χ4v) is 3.34. The molecule has 0 bridgehead atoms. The van der Waals surface area contributed by atoms with Crippen LogP contribution < -0.4 is 10.5 Å². The molecule has 4 nitrogen and oxygen atoms in total. The van der Waals surface area contributed by atoms with Crippen LogP contribution in [0.1, 0.15) is 33.3 Å². The monoisotopic (exact) mass is 322 g/mol. The third-order valence-electron chi connectivity index (χ3n) is 3.22. The van der Waals surface area contributed by atoms with Gasteiger partial charge in [0.25, 0.3) is 0 Å². The molecule has 0 aliphatic rings. The fourth-order valence-electron chi connectivity index (χ4n) is 1.44. The number of rotatable bonds is 4. The zero-order valence-electron chi connectivity index (χ0n) is 12.0. The van der Waals surface area contributed by atoms with E-state index in [1.54, 1.807) is 6.92 Å². The molecule has 7 heteroatoms. The normalized spacial score (nSPS) is 14.3. The maximum Gasteiger partial charge on any atom is 0.243 e. The average molecular weight is 323 g/mol. The summed E-state index contributed by atoms with van der Waals surface area (Å²) < 4.78 is 41.2. The molecule has 0 spiro atoms. The molecular weight excluding hydrogens is 303 g/mol. The van der Waals surface area contributed by atoms with Gasteiger partial charge in [0, 0.05) is 23.2 Å². The molecule has 0 saturated heterocycles. The summed E-state index contributed by atoms with van der Waals surface area (Å²) in [5, 5.41) is 0.135. The van der Waals surface area contributed by atoms with E-state index in [0.29, 0.717) is 0 Å². The largest absolute Gasteiger partial charge is 0.326 e. The molecular formula is C13H20ClFN2O2S. The first-order chi connectivity index (χ1) is 8.99. The minimum Gasteiger partial charge on any atom is -0.326 e. The van der Waals surface area contributed by atoms with Gasteiger partial charge in [0.15, 0.2) is 0 Å². The van der Waals surface area contributed by atoms with E-state index in [2.05, 4.69) is 4.72 Å². The molecule has 0 saturated carbocycles. The summed E-state index contributed by atoms with van der Waals surface area (Å²) in [4.78, 5) is -0.471. The van der Waals surface area contributed by atoms with Crippen LogP contribution in [0.3, 0.4) is 0 Å². The third kappa shape index (κ3) is 3.91. The second kappa shape index (κ2) is 5.97. The number of hydrogen-bond acceptors (Lipinski definition) is 3. The Kier molecular flexibility index (Phi) is 5.18. The van der Waals surface area contributed by atoms with Gasteiger partial charge in [-0.3, -0.25) is 0 Å². The summed E-state index contributed by atoms with van der Waals surface area (Å²) in [7, 11) is -3.99. The lowest BCUT2D eigenvalue weighted by Crippen LogP contribution is -2.41. The Morgan fingerprint density at radius 1 is 1.40 bits per heavy atom. The van der Waals surface area contributed by atoms with Crippen molar-refractivity contribution in [3.63, 3.8) is 0 Å². The van der Waals surface area contributed by atoms with E-state index in [1.807, 2.05) is 20.8 Å². The molecule has 0 amide bonds. The van der Waals surface area contributed by atoms with Crippen LogP contribution in [0.4, 0.5) is 4.39 Å². The molecule has 114 valence electrons.